The number of ether oxygens (including phenoxy) is 3. The Morgan fingerprint density at radius 1 is 0.902 bits per heavy atom. The number of fused-ring (bicyclic) bond motifs is 1. The highest BCUT2D eigenvalue weighted by Gasteiger charge is 2.42. The second-order valence-electron chi connectivity index (χ2n) is 12.1. The van der Waals surface area contributed by atoms with Gasteiger partial charge in [-0.1, -0.05) is 60.7 Å². The number of carbonyl (C=O) groups excluding carboxylic acids is 2. The SMILES string of the molecule is CC(C)(C)OC(=O)CCOc1cccc(CN2C[C@H]3CC(OC(=O)Nc4ccccc4-c4ccccc4)C[C@H]3C2)c1. The van der Waals surface area contributed by atoms with E-state index in [2.05, 4.69) is 16.3 Å². The smallest absolute Gasteiger partial charge is 0.411 e. The average Bonchev–Trinajstić information content (AvgIpc) is 3.46. The van der Waals surface area contributed by atoms with Gasteiger partial charge in [-0.25, -0.2) is 4.79 Å². The molecule has 1 saturated carbocycles. The molecule has 3 aromatic carbocycles. The Balaban J connectivity index is 1.06. The molecule has 41 heavy (non-hydrogen) atoms. The van der Waals surface area contributed by atoms with E-state index in [-0.39, 0.29) is 18.5 Å². The Hall–Kier alpha value is -3.84. The van der Waals surface area contributed by atoms with Gasteiger partial charge >= 0.3 is 12.1 Å². The third kappa shape index (κ3) is 8.10. The third-order valence-corrected chi connectivity index (χ3v) is 7.61. The summed E-state index contributed by atoms with van der Waals surface area (Å²) in [6, 6.07) is 25.9. The molecule has 1 amide bonds. The lowest BCUT2D eigenvalue weighted by atomic mass is 10.0. The Morgan fingerprint density at radius 2 is 1.61 bits per heavy atom. The normalized spacial score (nSPS) is 20.3. The number of hydrogen-bond donors (Lipinski definition) is 1. The highest BCUT2D eigenvalue weighted by molar-refractivity contribution is 5.91. The number of carbonyl (C=O) groups is 2. The lowest BCUT2D eigenvalue weighted by Gasteiger charge is -2.20. The molecule has 1 saturated heterocycles. The second-order valence-corrected chi connectivity index (χ2v) is 12.1. The van der Waals surface area contributed by atoms with Gasteiger partial charge in [0.05, 0.1) is 18.7 Å². The van der Waals surface area contributed by atoms with Gasteiger partial charge in [0.2, 0.25) is 0 Å². The summed E-state index contributed by atoms with van der Waals surface area (Å²) in [6.07, 6.45) is 1.56. The minimum Gasteiger partial charge on any atom is -0.493 e. The first-order chi connectivity index (χ1) is 19.7. The Labute approximate surface area is 242 Å². The van der Waals surface area contributed by atoms with Crippen molar-refractivity contribution in [2.75, 3.05) is 25.0 Å². The lowest BCUT2D eigenvalue weighted by molar-refractivity contribution is -0.155. The van der Waals surface area contributed by atoms with Crippen molar-refractivity contribution >= 4 is 17.7 Å². The molecule has 2 aliphatic rings. The summed E-state index contributed by atoms with van der Waals surface area (Å²) in [4.78, 5) is 27.2. The van der Waals surface area contributed by atoms with E-state index in [0.29, 0.717) is 18.4 Å². The zero-order valence-corrected chi connectivity index (χ0v) is 24.2. The molecular weight excluding hydrogens is 516 g/mol. The van der Waals surface area contributed by atoms with E-state index in [1.807, 2.05) is 93.6 Å². The molecule has 1 N–H and O–H groups in total. The monoisotopic (exact) mass is 556 g/mol. The van der Waals surface area contributed by atoms with Crippen molar-refractivity contribution in [3.63, 3.8) is 0 Å². The van der Waals surface area contributed by atoms with E-state index in [1.54, 1.807) is 0 Å². The molecule has 5 rings (SSSR count). The van der Waals surface area contributed by atoms with Crippen molar-refractivity contribution in [3.05, 3.63) is 84.4 Å². The van der Waals surface area contributed by atoms with Gasteiger partial charge in [-0.2, -0.15) is 0 Å². The number of likely N-dealkylation sites (tertiary alicyclic amines) is 1. The molecule has 0 aromatic heterocycles. The first kappa shape index (κ1) is 28.7. The molecule has 3 atom stereocenters. The van der Waals surface area contributed by atoms with Crippen molar-refractivity contribution in [1.82, 2.24) is 4.90 Å². The van der Waals surface area contributed by atoms with Crippen LogP contribution < -0.4 is 10.1 Å². The molecule has 0 radical (unpaired) electrons. The molecule has 3 aromatic rings. The molecule has 1 unspecified atom stereocenters. The fraction of sp³-hybridized carbons (Fsp3) is 0.412. The zero-order valence-electron chi connectivity index (χ0n) is 24.2. The van der Waals surface area contributed by atoms with Crippen molar-refractivity contribution < 1.29 is 23.8 Å². The van der Waals surface area contributed by atoms with Gasteiger partial charge in [-0.3, -0.25) is 15.0 Å². The lowest BCUT2D eigenvalue weighted by Crippen LogP contribution is -2.25. The number of anilines is 1. The van der Waals surface area contributed by atoms with Gasteiger partial charge in [-0.15, -0.1) is 0 Å². The van der Waals surface area contributed by atoms with E-state index in [4.69, 9.17) is 14.2 Å². The second kappa shape index (κ2) is 12.8. The van der Waals surface area contributed by atoms with Crippen LogP contribution in [0.2, 0.25) is 0 Å². The summed E-state index contributed by atoms with van der Waals surface area (Å²) in [7, 11) is 0. The van der Waals surface area contributed by atoms with Crippen molar-refractivity contribution in [3.8, 4) is 16.9 Å². The molecular formula is C34H40N2O5. The molecule has 1 heterocycles. The van der Waals surface area contributed by atoms with Crippen molar-refractivity contribution in [1.29, 1.82) is 0 Å². The zero-order chi connectivity index (χ0) is 28.8. The summed E-state index contributed by atoms with van der Waals surface area (Å²) in [6.45, 7) is 8.70. The average molecular weight is 557 g/mol. The van der Waals surface area contributed by atoms with E-state index < -0.39 is 11.7 Å². The maximum absolute atomic E-state index is 12.8. The number of hydrogen-bond acceptors (Lipinski definition) is 6. The van der Waals surface area contributed by atoms with Crippen LogP contribution in [0, 0.1) is 11.8 Å². The number of nitrogens with zero attached hydrogens (tertiary/aromatic N) is 1. The topological polar surface area (TPSA) is 77.1 Å². The molecule has 1 aliphatic heterocycles. The van der Waals surface area contributed by atoms with Crippen LogP contribution in [-0.2, 0) is 20.8 Å². The van der Waals surface area contributed by atoms with Gasteiger partial charge in [0, 0.05) is 25.2 Å². The number of amides is 1. The van der Waals surface area contributed by atoms with Crippen molar-refractivity contribution in [2.45, 2.75) is 58.3 Å². The molecule has 216 valence electrons. The van der Waals surface area contributed by atoms with Crippen LogP contribution in [0.1, 0.15) is 45.6 Å². The number of para-hydroxylation sites is 1. The fourth-order valence-corrected chi connectivity index (χ4v) is 5.96. The van der Waals surface area contributed by atoms with Gasteiger partial charge in [0.15, 0.2) is 0 Å². The molecule has 2 fully saturated rings. The Bertz CT molecular complexity index is 1320. The first-order valence-corrected chi connectivity index (χ1v) is 14.5. The van der Waals surface area contributed by atoms with Crippen molar-refractivity contribution in [2.24, 2.45) is 11.8 Å². The minimum atomic E-state index is -0.488. The van der Waals surface area contributed by atoms with Crippen LogP contribution >= 0.6 is 0 Å². The third-order valence-electron chi connectivity index (χ3n) is 7.61. The standard InChI is InChI=1S/C34H40N2O5/c1-34(2,3)41-32(37)16-17-39-28-13-9-10-24(18-28)21-36-22-26-19-29(20-27(26)23-36)40-33(38)35-31-15-8-7-14-30(31)25-11-5-4-6-12-25/h4-15,18,26-27,29H,16-17,19-23H2,1-3H3,(H,35,38)/t26-,27+,29?. The maximum Gasteiger partial charge on any atom is 0.411 e. The van der Waals surface area contributed by atoms with Crippen LogP contribution in [0.3, 0.4) is 0 Å². The number of benzene rings is 3. The summed E-state index contributed by atoms with van der Waals surface area (Å²) in [5.41, 5.74) is 3.48. The largest absolute Gasteiger partial charge is 0.493 e. The summed E-state index contributed by atoms with van der Waals surface area (Å²) >= 11 is 0. The van der Waals surface area contributed by atoms with Crippen LogP contribution in [0.25, 0.3) is 11.1 Å². The summed E-state index contributed by atoms with van der Waals surface area (Å²) < 4.78 is 17.0. The van der Waals surface area contributed by atoms with Crippen LogP contribution in [0.4, 0.5) is 10.5 Å². The van der Waals surface area contributed by atoms with Crippen LogP contribution in [0.5, 0.6) is 5.75 Å². The first-order valence-electron chi connectivity index (χ1n) is 14.5. The molecule has 7 nitrogen and oxygen atoms in total. The molecule has 0 spiro atoms. The predicted molar refractivity (Wildman–Crippen MR) is 160 cm³/mol. The molecule has 7 heteroatoms. The summed E-state index contributed by atoms with van der Waals surface area (Å²) in [5.74, 6) is 1.56. The molecule has 1 aliphatic carbocycles. The van der Waals surface area contributed by atoms with Crippen LogP contribution in [-0.4, -0.2) is 48.4 Å². The fourth-order valence-electron chi connectivity index (χ4n) is 5.96. The highest BCUT2D eigenvalue weighted by atomic mass is 16.6. The van der Waals surface area contributed by atoms with Gasteiger partial charge in [-0.05, 0) is 74.8 Å². The van der Waals surface area contributed by atoms with E-state index in [1.165, 1.54) is 5.56 Å². The number of nitrogens with one attached hydrogen (secondary N) is 1. The number of rotatable bonds is 9. The minimum absolute atomic E-state index is 0.0576. The van der Waals surface area contributed by atoms with Gasteiger partial charge in [0.1, 0.15) is 17.5 Å². The van der Waals surface area contributed by atoms with Crippen LogP contribution in [0.15, 0.2) is 78.9 Å². The Morgan fingerprint density at radius 3 is 2.34 bits per heavy atom. The van der Waals surface area contributed by atoms with E-state index in [0.717, 1.165) is 55.0 Å². The van der Waals surface area contributed by atoms with E-state index >= 15 is 0 Å². The quantitative estimate of drug-likeness (QED) is 0.288. The van der Waals surface area contributed by atoms with Gasteiger partial charge < -0.3 is 14.2 Å². The highest BCUT2D eigenvalue weighted by Crippen LogP contribution is 2.40. The molecule has 0 bridgehead atoms. The summed E-state index contributed by atoms with van der Waals surface area (Å²) in [5, 5.41) is 2.97. The maximum atomic E-state index is 12.8. The van der Waals surface area contributed by atoms with E-state index in [9.17, 15) is 9.59 Å². The Kier molecular flexibility index (Phi) is 8.93. The predicted octanol–water partition coefficient (Wildman–Crippen LogP) is 6.92. The van der Waals surface area contributed by atoms with Gasteiger partial charge in [0.25, 0.3) is 0 Å². The number of esters is 1.